The van der Waals surface area contributed by atoms with E-state index in [2.05, 4.69) is 26.1 Å². The molecule has 0 fully saturated rings. The molecule has 1 atom stereocenters. The van der Waals surface area contributed by atoms with E-state index < -0.39 is 0 Å². The Kier molecular flexibility index (Phi) is 3.22. The first kappa shape index (κ1) is 12.2. The van der Waals surface area contributed by atoms with E-state index in [1.807, 2.05) is 12.1 Å². The van der Waals surface area contributed by atoms with Crippen LogP contribution in [-0.2, 0) is 6.42 Å². The van der Waals surface area contributed by atoms with Crippen molar-refractivity contribution in [2.75, 3.05) is 6.54 Å². The average molecular weight is 258 g/mol. The number of rotatable bonds is 0. The normalized spacial score (nSPS) is 20.7. The highest BCUT2D eigenvalue weighted by atomic mass is 35.5. The van der Waals surface area contributed by atoms with Gasteiger partial charge in [0.05, 0.1) is 0 Å². The highest BCUT2D eigenvalue weighted by Crippen LogP contribution is 2.41. The molecule has 1 heterocycles. The number of hydrogen-bond donors (Lipinski definition) is 1. The number of nitrogens with one attached hydrogen (secondary N) is 1. The van der Waals surface area contributed by atoms with Gasteiger partial charge in [-0.05, 0) is 41.6 Å². The summed E-state index contributed by atoms with van der Waals surface area (Å²) in [7, 11) is 0. The monoisotopic (exact) mass is 257 g/mol. The van der Waals surface area contributed by atoms with E-state index in [0.717, 1.165) is 23.0 Å². The molecule has 16 heavy (non-hydrogen) atoms. The minimum Gasteiger partial charge on any atom is -0.309 e. The topological polar surface area (TPSA) is 12.0 Å². The quantitative estimate of drug-likeness (QED) is 0.734. The van der Waals surface area contributed by atoms with Gasteiger partial charge in [-0.15, -0.1) is 0 Å². The van der Waals surface area contributed by atoms with Crippen LogP contribution in [0.4, 0.5) is 0 Å². The molecule has 1 unspecified atom stereocenters. The van der Waals surface area contributed by atoms with Gasteiger partial charge in [0.1, 0.15) is 0 Å². The molecule has 3 heteroatoms. The van der Waals surface area contributed by atoms with Crippen molar-refractivity contribution in [1.29, 1.82) is 0 Å². The van der Waals surface area contributed by atoms with Crippen molar-refractivity contribution in [3.8, 4) is 0 Å². The van der Waals surface area contributed by atoms with Crippen molar-refractivity contribution in [3.63, 3.8) is 0 Å². The summed E-state index contributed by atoms with van der Waals surface area (Å²) in [5, 5.41) is 5.07. The Hall–Kier alpha value is -0.240. The maximum atomic E-state index is 6.32. The second kappa shape index (κ2) is 4.21. The van der Waals surface area contributed by atoms with E-state index >= 15 is 0 Å². The number of benzene rings is 1. The van der Waals surface area contributed by atoms with Gasteiger partial charge in [-0.1, -0.05) is 44.0 Å². The van der Waals surface area contributed by atoms with Crippen LogP contribution in [-0.4, -0.2) is 6.54 Å². The summed E-state index contributed by atoms with van der Waals surface area (Å²) >= 11 is 12.4. The molecular weight excluding hydrogens is 241 g/mol. The first-order chi connectivity index (χ1) is 7.39. The lowest BCUT2D eigenvalue weighted by molar-refractivity contribution is 0.264. The molecular formula is C13H17Cl2N. The Balaban J connectivity index is 2.54. The summed E-state index contributed by atoms with van der Waals surface area (Å²) in [5.41, 5.74) is 2.67. The van der Waals surface area contributed by atoms with Gasteiger partial charge in [0.25, 0.3) is 0 Å². The van der Waals surface area contributed by atoms with E-state index in [0.29, 0.717) is 6.04 Å². The van der Waals surface area contributed by atoms with Crippen LogP contribution in [0.5, 0.6) is 0 Å². The molecule has 1 nitrogen and oxygen atoms in total. The third kappa shape index (κ3) is 2.22. The van der Waals surface area contributed by atoms with E-state index in [1.54, 1.807) is 0 Å². The predicted octanol–water partition coefficient (Wildman–Crippen LogP) is 4.23. The fourth-order valence-corrected chi connectivity index (χ4v) is 3.01. The number of hydrogen-bond acceptors (Lipinski definition) is 1. The molecule has 1 N–H and O–H groups in total. The van der Waals surface area contributed by atoms with Gasteiger partial charge in [-0.3, -0.25) is 0 Å². The molecule has 0 aliphatic carbocycles. The van der Waals surface area contributed by atoms with Gasteiger partial charge >= 0.3 is 0 Å². The molecule has 1 aliphatic heterocycles. The molecule has 0 saturated carbocycles. The Morgan fingerprint density at radius 2 is 1.94 bits per heavy atom. The standard InChI is InChI=1S/C13H17Cl2N/c1-13(2,3)12-11-8(4-5-16-12)6-9(14)7-10(11)15/h6-7,12,16H,4-5H2,1-3H3. The zero-order valence-electron chi connectivity index (χ0n) is 9.90. The molecule has 0 saturated heterocycles. The maximum absolute atomic E-state index is 6.32. The first-order valence-corrected chi connectivity index (χ1v) is 6.36. The third-order valence-corrected chi connectivity index (χ3v) is 3.61. The highest BCUT2D eigenvalue weighted by molar-refractivity contribution is 6.35. The molecule has 0 aromatic heterocycles. The fraction of sp³-hybridized carbons (Fsp3) is 0.538. The first-order valence-electron chi connectivity index (χ1n) is 5.61. The zero-order chi connectivity index (χ0) is 11.9. The Bertz CT molecular complexity index is 407. The van der Waals surface area contributed by atoms with Crippen LogP contribution in [0.15, 0.2) is 12.1 Å². The van der Waals surface area contributed by atoms with Crippen molar-refractivity contribution in [1.82, 2.24) is 5.32 Å². The minimum absolute atomic E-state index is 0.159. The van der Waals surface area contributed by atoms with Crippen molar-refractivity contribution in [3.05, 3.63) is 33.3 Å². The summed E-state index contributed by atoms with van der Waals surface area (Å²) < 4.78 is 0. The van der Waals surface area contributed by atoms with Crippen molar-refractivity contribution in [2.45, 2.75) is 33.2 Å². The lowest BCUT2D eigenvalue weighted by atomic mass is 9.78. The zero-order valence-corrected chi connectivity index (χ0v) is 11.4. The van der Waals surface area contributed by atoms with Crippen LogP contribution in [0.25, 0.3) is 0 Å². The molecule has 88 valence electrons. The van der Waals surface area contributed by atoms with Gasteiger partial charge in [-0.25, -0.2) is 0 Å². The van der Waals surface area contributed by atoms with Gasteiger partial charge in [0, 0.05) is 16.1 Å². The molecule has 0 amide bonds. The van der Waals surface area contributed by atoms with Gasteiger partial charge in [-0.2, -0.15) is 0 Å². The van der Waals surface area contributed by atoms with Crippen LogP contribution in [0.2, 0.25) is 10.0 Å². The van der Waals surface area contributed by atoms with Crippen LogP contribution < -0.4 is 5.32 Å². The summed E-state index contributed by atoms with van der Waals surface area (Å²) in [5.74, 6) is 0. The van der Waals surface area contributed by atoms with Crippen LogP contribution >= 0.6 is 23.2 Å². The minimum atomic E-state index is 0.159. The molecule has 0 radical (unpaired) electrons. The van der Waals surface area contributed by atoms with E-state index in [9.17, 15) is 0 Å². The fourth-order valence-electron chi connectivity index (χ4n) is 2.36. The molecule has 0 bridgehead atoms. The summed E-state index contributed by atoms with van der Waals surface area (Å²) in [6, 6.07) is 4.19. The largest absolute Gasteiger partial charge is 0.309 e. The second-order valence-corrected chi connectivity index (χ2v) is 6.31. The van der Waals surface area contributed by atoms with Crippen LogP contribution in [0, 0.1) is 5.41 Å². The van der Waals surface area contributed by atoms with E-state index in [-0.39, 0.29) is 5.41 Å². The van der Waals surface area contributed by atoms with Crippen molar-refractivity contribution < 1.29 is 0 Å². The van der Waals surface area contributed by atoms with E-state index in [4.69, 9.17) is 23.2 Å². The molecule has 2 rings (SSSR count). The predicted molar refractivity (Wildman–Crippen MR) is 70.4 cm³/mol. The maximum Gasteiger partial charge on any atom is 0.0471 e. The number of fused-ring (bicyclic) bond motifs is 1. The summed E-state index contributed by atoms with van der Waals surface area (Å²) in [6.07, 6.45) is 1.00. The Morgan fingerprint density at radius 3 is 2.56 bits per heavy atom. The van der Waals surface area contributed by atoms with Gasteiger partial charge < -0.3 is 5.32 Å². The molecule has 0 spiro atoms. The average Bonchev–Trinajstić information content (AvgIpc) is 2.14. The summed E-state index contributed by atoms with van der Waals surface area (Å²) in [6.45, 7) is 7.67. The Morgan fingerprint density at radius 1 is 1.25 bits per heavy atom. The Labute approximate surface area is 107 Å². The van der Waals surface area contributed by atoms with Crippen molar-refractivity contribution >= 4 is 23.2 Å². The van der Waals surface area contributed by atoms with Gasteiger partial charge in [0.15, 0.2) is 0 Å². The SMILES string of the molecule is CC(C)(C)C1NCCc2cc(Cl)cc(Cl)c21. The lowest BCUT2D eigenvalue weighted by Crippen LogP contribution is -2.38. The lowest BCUT2D eigenvalue weighted by Gasteiger charge is -2.37. The highest BCUT2D eigenvalue weighted by Gasteiger charge is 2.32. The second-order valence-electron chi connectivity index (χ2n) is 5.46. The third-order valence-electron chi connectivity index (χ3n) is 3.08. The summed E-state index contributed by atoms with van der Waals surface area (Å²) in [4.78, 5) is 0. The molecule has 1 aromatic carbocycles. The molecule has 1 aliphatic rings. The van der Waals surface area contributed by atoms with Crippen molar-refractivity contribution in [2.24, 2.45) is 5.41 Å². The van der Waals surface area contributed by atoms with Gasteiger partial charge in [0.2, 0.25) is 0 Å². The van der Waals surface area contributed by atoms with Crippen LogP contribution in [0.3, 0.4) is 0 Å². The smallest absolute Gasteiger partial charge is 0.0471 e. The number of halogens is 2. The van der Waals surface area contributed by atoms with Crippen LogP contribution in [0.1, 0.15) is 37.9 Å². The van der Waals surface area contributed by atoms with E-state index in [1.165, 1.54) is 11.1 Å². The molecule has 1 aromatic rings.